The third-order valence-corrected chi connectivity index (χ3v) is 4.18. The van der Waals surface area contributed by atoms with Gasteiger partial charge in [0.1, 0.15) is 0 Å². The summed E-state index contributed by atoms with van der Waals surface area (Å²) < 4.78 is 0. The van der Waals surface area contributed by atoms with E-state index in [-0.39, 0.29) is 12.1 Å². The molecule has 1 atom stereocenters. The van der Waals surface area contributed by atoms with Gasteiger partial charge in [0.25, 0.3) is 0 Å². The van der Waals surface area contributed by atoms with E-state index in [2.05, 4.69) is 29.0 Å². The predicted octanol–water partition coefficient (Wildman–Crippen LogP) is 2.16. The smallest absolute Gasteiger partial charge is 0.317 e. The molecule has 1 fully saturated rings. The normalized spacial score (nSPS) is 17.4. The van der Waals surface area contributed by atoms with Crippen molar-refractivity contribution in [2.45, 2.75) is 32.7 Å². The number of anilines is 1. The molecule has 1 unspecified atom stereocenters. The molecule has 1 N–H and O–H groups in total. The number of amides is 2. The Bertz CT molecular complexity index is 387. The Kier molecular flexibility index (Phi) is 5.01. The van der Waals surface area contributed by atoms with Crippen LogP contribution in [-0.4, -0.2) is 48.1 Å². The highest BCUT2D eigenvalue weighted by molar-refractivity contribution is 7.13. The molecule has 0 bridgehead atoms. The SMILES string of the molecule is CCCC(C)NC(=O)N1CCN(c2nccs2)CC1. The van der Waals surface area contributed by atoms with E-state index in [1.807, 2.05) is 16.5 Å². The average molecular weight is 282 g/mol. The van der Waals surface area contributed by atoms with Gasteiger partial charge in [-0.25, -0.2) is 9.78 Å². The van der Waals surface area contributed by atoms with Crippen LogP contribution >= 0.6 is 11.3 Å². The highest BCUT2D eigenvalue weighted by Crippen LogP contribution is 2.18. The number of aromatic nitrogens is 1. The van der Waals surface area contributed by atoms with Gasteiger partial charge in [0.15, 0.2) is 5.13 Å². The third-order valence-electron chi connectivity index (χ3n) is 3.35. The zero-order valence-corrected chi connectivity index (χ0v) is 12.4. The molecule has 1 aliphatic heterocycles. The lowest BCUT2D eigenvalue weighted by Crippen LogP contribution is -2.53. The van der Waals surface area contributed by atoms with Crippen LogP contribution in [0.4, 0.5) is 9.93 Å². The Morgan fingerprint density at radius 2 is 2.21 bits per heavy atom. The zero-order chi connectivity index (χ0) is 13.7. The molecule has 0 spiro atoms. The molecule has 2 amide bonds. The summed E-state index contributed by atoms with van der Waals surface area (Å²) in [7, 11) is 0. The summed E-state index contributed by atoms with van der Waals surface area (Å²) in [5, 5.41) is 6.10. The van der Waals surface area contributed by atoms with E-state index >= 15 is 0 Å². The van der Waals surface area contributed by atoms with E-state index in [0.717, 1.165) is 44.2 Å². The first-order chi connectivity index (χ1) is 9.20. The van der Waals surface area contributed by atoms with Crippen LogP contribution in [0.5, 0.6) is 0 Å². The van der Waals surface area contributed by atoms with Gasteiger partial charge in [0, 0.05) is 43.8 Å². The van der Waals surface area contributed by atoms with E-state index in [1.54, 1.807) is 11.3 Å². The Hall–Kier alpha value is -1.30. The maximum atomic E-state index is 12.1. The fourth-order valence-corrected chi connectivity index (χ4v) is 2.98. The van der Waals surface area contributed by atoms with Crippen LogP contribution in [0.2, 0.25) is 0 Å². The molecule has 5 nitrogen and oxygen atoms in total. The minimum Gasteiger partial charge on any atom is -0.345 e. The average Bonchev–Trinajstić information content (AvgIpc) is 2.93. The van der Waals surface area contributed by atoms with Crippen molar-refractivity contribution in [2.24, 2.45) is 0 Å². The lowest BCUT2D eigenvalue weighted by atomic mass is 10.2. The molecular formula is C13H22N4OS. The molecule has 1 aromatic rings. The van der Waals surface area contributed by atoms with Gasteiger partial charge in [0.2, 0.25) is 0 Å². The van der Waals surface area contributed by atoms with Gasteiger partial charge in [-0.3, -0.25) is 0 Å². The minimum atomic E-state index is 0.0692. The number of piperazine rings is 1. The number of nitrogens with zero attached hydrogens (tertiary/aromatic N) is 3. The summed E-state index contributed by atoms with van der Waals surface area (Å²) in [4.78, 5) is 20.5. The van der Waals surface area contributed by atoms with Gasteiger partial charge >= 0.3 is 6.03 Å². The molecular weight excluding hydrogens is 260 g/mol. The summed E-state index contributed by atoms with van der Waals surface area (Å²) >= 11 is 1.65. The summed E-state index contributed by atoms with van der Waals surface area (Å²) in [6, 6.07) is 0.328. The highest BCUT2D eigenvalue weighted by atomic mass is 32.1. The molecule has 2 rings (SSSR count). The number of thiazole rings is 1. The molecule has 6 heteroatoms. The molecule has 106 valence electrons. The van der Waals surface area contributed by atoms with Crippen LogP contribution in [0, 0.1) is 0 Å². The number of carbonyl (C=O) groups excluding carboxylic acids is 1. The van der Waals surface area contributed by atoms with E-state index in [1.165, 1.54) is 0 Å². The van der Waals surface area contributed by atoms with E-state index in [9.17, 15) is 4.79 Å². The van der Waals surface area contributed by atoms with Gasteiger partial charge in [-0.05, 0) is 13.3 Å². The Morgan fingerprint density at radius 1 is 1.47 bits per heavy atom. The third kappa shape index (κ3) is 3.83. The van der Waals surface area contributed by atoms with Gasteiger partial charge in [-0.2, -0.15) is 0 Å². The van der Waals surface area contributed by atoms with Gasteiger partial charge in [0.05, 0.1) is 0 Å². The Morgan fingerprint density at radius 3 is 2.79 bits per heavy atom. The van der Waals surface area contributed by atoms with Gasteiger partial charge in [-0.1, -0.05) is 13.3 Å². The second-order valence-electron chi connectivity index (χ2n) is 4.93. The van der Waals surface area contributed by atoms with Crippen molar-refractivity contribution in [3.63, 3.8) is 0 Å². The van der Waals surface area contributed by atoms with Crippen LogP contribution in [0.3, 0.4) is 0 Å². The number of urea groups is 1. The molecule has 0 saturated carbocycles. The van der Waals surface area contributed by atoms with Crippen molar-refractivity contribution >= 4 is 22.5 Å². The summed E-state index contributed by atoms with van der Waals surface area (Å²) in [5.74, 6) is 0. The summed E-state index contributed by atoms with van der Waals surface area (Å²) in [6.45, 7) is 7.46. The number of hydrogen-bond donors (Lipinski definition) is 1. The van der Waals surface area contributed by atoms with E-state index in [4.69, 9.17) is 0 Å². The quantitative estimate of drug-likeness (QED) is 0.920. The summed E-state index contributed by atoms with van der Waals surface area (Å²) in [6.07, 6.45) is 3.95. The minimum absolute atomic E-state index is 0.0692. The maximum absolute atomic E-state index is 12.1. The van der Waals surface area contributed by atoms with Crippen molar-refractivity contribution in [3.05, 3.63) is 11.6 Å². The second-order valence-corrected chi connectivity index (χ2v) is 5.80. The van der Waals surface area contributed by atoms with Crippen LogP contribution in [0.15, 0.2) is 11.6 Å². The first-order valence-electron chi connectivity index (χ1n) is 6.90. The van der Waals surface area contributed by atoms with Crippen LogP contribution in [0.25, 0.3) is 0 Å². The number of nitrogens with one attached hydrogen (secondary N) is 1. The summed E-state index contributed by atoms with van der Waals surface area (Å²) in [5.41, 5.74) is 0. The van der Waals surface area contributed by atoms with Crippen molar-refractivity contribution in [1.82, 2.24) is 15.2 Å². The highest BCUT2D eigenvalue weighted by Gasteiger charge is 2.22. The molecule has 0 radical (unpaired) electrons. The van der Waals surface area contributed by atoms with Crippen LogP contribution < -0.4 is 10.2 Å². The fraction of sp³-hybridized carbons (Fsp3) is 0.692. The Balaban J connectivity index is 1.78. The standard InChI is InChI=1S/C13H22N4OS/c1-3-4-11(2)15-12(18)16-6-8-17(9-7-16)13-14-5-10-19-13/h5,10-11H,3-4,6-9H2,1-2H3,(H,15,18). The van der Waals surface area contributed by atoms with E-state index < -0.39 is 0 Å². The molecule has 1 saturated heterocycles. The lowest BCUT2D eigenvalue weighted by Gasteiger charge is -2.35. The van der Waals surface area contributed by atoms with Crippen molar-refractivity contribution in [2.75, 3.05) is 31.1 Å². The van der Waals surface area contributed by atoms with Gasteiger partial charge < -0.3 is 15.1 Å². The molecule has 0 aliphatic carbocycles. The number of hydrogen-bond acceptors (Lipinski definition) is 4. The largest absolute Gasteiger partial charge is 0.345 e. The zero-order valence-electron chi connectivity index (χ0n) is 11.6. The van der Waals surface area contributed by atoms with Crippen molar-refractivity contribution in [3.8, 4) is 0 Å². The van der Waals surface area contributed by atoms with E-state index in [0.29, 0.717) is 0 Å². The number of rotatable bonds is 4. The molecule has 1 aliphatic rings. The first-order valence-corrected chi connectivity index (χ1v) is 7.78. The molecule has 0 aromatic carbocycles. The lowest BCUT2D eigenvalue weighted by molar-refractivity contribution is 0.190. The van der Waals surface area contributed by atoms with Crippen LogP contribution in [0.1, 0.15) is 26.7 Å². The Labute approximate surface area is 118 Å². The fourth-order valence-electron chi connectivity index (χ4n) is 2.28. The van der Waals surface area contributed by atoms with Crippen molar-refractivity contribution in [1.29, 1.82) is 0 Å². The first kappa shape index (κ1) is 14.1. The van der Waals surface area contributed by atoms with Crippen molar-refractivity contribution < 1.29 is 4.79 Å². The molecule has 1 aromatic heterocycles. The predicted molar refractivity (Wildman–Crippen MR) is 78.8 cm³/mol. The van der Waals surface area contributed by atoms with Crippen LogP contribution in [-0.2, 0) is 0 Å². The number of carbonyl (C=O) groups is 1. The maximum Gasteiger partial charge on any atom is 0.317 e. The second kappa shape index (κ2) is 6.75. The molecule has 19 heavy (non-hydrogen) atoms. The van der Waals surface area contributed by atoms with Gasteiger partial charge in [-0.15, -0.1) is 11.3 Å². The monoisotopic (exact) mass is 282 g/mol. The topological polar surface area (TPSA) is 48.5 Å². The molecule has 2 heterocycles.